The smallest absolute Gasteiger partial charge is 0.243 e. The maximum Gasteiger partial charge on any atom is 0.243 e. The highest BCUT2D eigenvalue weighted by Gasteiger charge is 2.00. The van der Waals surface area contributed by atoms with Crippen LogP contribution in [0, 0.1) is 0 Å². The van der Waals surface area contributed by atoms with Crippen LogP contribution in [0.3, 0.4) is 0 Å². The van der Waals surface area contributed by atoms with E-state index in [9.17, 15) is 4.79 Å². The Morgan fingerprint density at radius 1 is 1.05 bits per heavy atom. The highest BCUT2D eigenvalue weighted by Crippen LogP contribution is 2.24. The number of hydroxylamine groups is 1. The van der Waals surface area contributed by atoms with Crippen molar-refractivity contribution in [3.63, 3.8) is 0 Å². The van der Waals surface area contributed by atoms with Gasteiger partial charge in [0, 0.05) is 11.3 Å². The second kappa shape index (κ2) is 7.92. The summed E-state index contributed by atoms with van der Waals surface area (Å²) in [6, 6.07) is 14.9. The van der Waals surface area contributed by atoms with Gasteiger partial charge in [0.25, 0.3) is 0 Å². The topological polar surface area (TPSA) is 49.3 Å². The number of hydrogen-bond donors (Lipinski definition) is 2. The van der Waals surface area contributed by atoms with E-state index in [0.717, 1.165) is 25.0 Å². The first-order valence-electron chi connectivity index (χ1n) is 6.84. The molecule has 3 nitrogen and oxygen atoms in total. The number of hydrogen-bond acceptors (Lipinski definition) is 3. The van der Waals surface area contributed by atoms with Gasteiger partial charge in [-0.1, -0.05) is 36.8 Å². The van der Waals surface area contributed by atoms with E-state index in [1.807, 2.05) is 11.8 Å². The minimum atomic E-state index is -0.299. The third-order valence-corrected chi connectivity index (χ3v) is 4.24. The normalized spacial score (nSPS) is 10.7. The Morgan fingerprint density at radius 2 is 1.85 bits per heavy atom. The molecular formula is C16H19NO2S. The zero-order valence-corrected chi connectivity index (χ0v) is 12.2. The Morgan fingerprint density at radius 3 is 2.65 bits per heavy atom. The summed E-state index contributed by atoms with van der Waals surface area (Å²) in [6.45, 7) is 0. The average Bonchev–Trinajstić information content (AvgIpc) is 2.50. The van der Waals surface area contributed by atoms with Crippen LogP contribution >= 0.6 is 11.8 Å². The summed E-state index contributed by atoms with van der Waals surface area (Å²) in [5, 5.41) is 10.9. The van der Waals surface area contributed by atoms with E-state index in [4.69, 9.17) is 5.21 Å². The first-order valence-corrected chi connectivity index (χ1v) is 7.83. The summed E-state index contributed by atoms with van der Waals surface area (Å²) in [7, 11) is 0. The lowest BCUT2D eigenvalue weighted by Crippen LogP contribution is -2.17. The Kier molecular flexibility index (Phi) is 5.89. The van der Waals surface area contributed by atoms with Crippen LogP contribution in [0.5, 0.6) is 0 Å². The van der Waals surface area contributed by atoms with Gasteiger partial charge >= 0.3 is 0 Å². The molecule has 0 saturated carbocycles. The van der Waals surface area contributed by atoms with Crippen LogP contribution < -0.4 is 5.48 Å². The standard InChI is InChI=1S/C16H19NO2S/c18-16(17-19)8-2-1-5-11-20-15-10-9-13-6-3-4-7-14(13)12-15/h3-4,6-7,9-10,12,19H,1-2,5,8,11H2,(H,17,18). The molecule has 2 aromatic rings. The maximum atomic E-state index is 10.8. The first-order chi connectivity index (χ1) is 9.79. The number of rotatable bonds is 7. The lowest BCUT2D eigenvalue weighted by Gasteiger charge is -2.04. The van der Waals surface area contributed by atoms with E-state index in [2.05, 4.69) is 42.5 Å². The van der Waals surface area contributed by atoms with E-state index in [1.54, 1.807) is 5.48 Å². The molecule has 20 heavy (non-hydrogen) atoms. The van der Waals surface area contributed by atoms with Crippen LogP contribution in [-0.2, 0) is 4.79 Å². The fourth-order valence-corrected chi connectivity index (χ4v) is 3.03. The minimum Gasteiger partial charge on any atom is -0.289 e. The molecule has 0 saturated heterocycles. The third kappa shape index (κ3) is 4.54. The molecular weight excluding hydrogens is 270 g/mol. The van der Waals surface area contributed by atoms with E-state index < -0.39 is 0 Å². The van der Waals surface area contributed by atoms with Crippen molar-refractivity contribution in [3.05, 3.63) is 42.5 Å². The number of carbonyl (C=O) groups excluding carboxylic acids is 1. The number of thioether (sulfide) groups is 1. The highest BCUT2D eigenvalue weighted by atomic mass is 32.2. The molecule has 0 aliphatic rings. The maximum absolute atomic E-state index is 10.8. The molecule has 106 valence electrons. The molecule has 0 bridgehead atoms. The van der Waals surface area contributed by atoms with Crippen molar-refractivity contribution in [1.29, 1.82) is 0 Å². The van der Waals surface area contributed by atoms with Gasteiger partial charge < -0.3 is 0 Å². The second-order valence-electron chi connectivity index (χ2n) is 4.70. The lowest BCUT2D eigenvalue weighted by molar-refractivity contribution is -0.129. The molecule has 0 aliphatic heterocycles. The first kappa shape index (κ1) is 14.9. The second-order valence-corrected chi connectivity index (χ2v) is 5.87. The molecule has 2 rings (SSSR count). The largest absolute Gasteiger partial charge is 0.289 e. The van der Waals surface area contributed by atoms with E-state index in [1.165, 1.54) is 15.7 Å². The van der Waals surface area contributed by atoms with Crippen molar-refractivity contribution in [2.24, 2.45) is 0 Å². The summed E-state index contributed by atoms with van der Waals surface area (Å²) in [5.41, 5.74) is 1.65. The van der Waals surface area contributed by atoms with Crippen LogP contribution in [0.25, 0.3) is 10.8 Å². The van der Waals surface area contributed by atoms with Gasteiger partial charge in [0.1, 0.15) is 0 Å². The molecule has 0 atom stereocenters. The predicted molar refractivity (Wildman–Crippen MR) is 83.1 cm³/mol. The quantitative estimate of drug-likeness (QED) is 0.350. The summed E-state index contributed by atoms with van der Waals surface area (Å²) < 4.78 is 0. The van der Waals surface area contributed by atoms with E-state index in [-0.39, 0.29) is 5.91 Å². The zero-order valence-electron chi connectivity index (χ0n) is 11.3. The Bertz CT molecular complexity index is 571. The average molecular weight is 289 g/mol. The molecule has 2 aromatic carbocycles. The van der Waals surface area contributed by atoms with Crippen LogP contribution in [0.1, 0.15) is 25.7 Å². The highest BCUT2D eigenvalue weighted by molar-refractivity contribution is 7.99. The van der Waals surface area contributed by atoms with Crippen molar-refractivity contribution in [2.75, 3.05) is 5.75 Å². The van der Waals surface area contributed by atoms with Crippen LogP contribution in [0.2, 0.25) is 0 Å². The van der Waals surface area contributed by atoms with Crippen LogP contribution in [0.15, 0.2) is 47.4 Å². The van der Waals surface area contributed by atoms with E-state index in [0.29, 0.717) is 6.42 Å². The summed E-state index contributed by atoms with van der Waals surface area (Å²) in [5.74, 6) is 0.756. The van der Waals surface area contributed by atoms with Gasteiger partial charge in [-0.25, -0.2) is 5.48 Å². The SMILES string of the molecule is O=C(CCCCCSc1ccc2ccccc2c1)NO. The van der Waals surface area contributed by atoms with Crippen LogP contribution in [0.4, 0.5) is 0 Å². The van der Waals surface area contributed by atoms with Crippen molar-refractivity contribution >= 4 is 28.4 Å². The molecule has 0 unspecified atom stereocenters. The number of carbonyl (C=O) groups is 1. The lowest BCUT2D eigenvalue weighted by atomic mass is 10.1. The molecule has 0 heterocycles. The van der Waals surface area contributed by atoms with Crippen LogP contribution in [-0.4, -0.2) is 16.9 Å². The minimum absolute atomic E-state index is 0.299. The molecule has 0 radical (unpaired) electrons. The molecule has 2 N–H and O–H groups in total. The fourth-order valence-electron chi connectivity index (χ4n) is 2.07. The molecule has 1 amide bonds. The summed E-state index contributed by atoms with van der Waals surface area (Å²) in [6.07, 6.45) is 3.31. The molecule has 0 spiro atoms. The molecule has 4 heteroatoms. The van der Waals surface area contributed by atoms with Gasteiger partial charge in [-0.05, 0) is 41.5 Å². The monoisotopic (exact) mass is 289 g/mol. The van der Waals surface area contributed by atoms with Gasteiger partial charge in [-0.15, -0.1) is 11.8 Å². The summed E-state index contributed by atoms with van der Waals surface area (Å²) in [4.78, 5) is 12.1. The van der Waals surface area contributed by atoms with Gasteiger partial charge in [0.15, 0.2) is 0 Å². The number of nitrogens with one attached hydrogen (secondary N) is 1. The zero-order chi connectivity index (χ0) is 14.2. The number of amides is 1. The fraction of sp³-hybridized carbons (Fsp3) is 0.312. The Labute approximate surface area is 123 Å². The predicted octanol–water partition coefficient (Wildman–Crippen LogP) is 4.00. The van der Waals surface area contributed by atoms with Gasteiger partial charge in [0.05, 0.1) is 0 Å². The van der Waals surface area contributed by atoms with Crippen molar-refractivity contribution in [2.45, 2.75) is 30.6 Å². The molecule has 0 aromatic heterocycles. The van der Waals surface area contributed by atoms with Crippen molar-refractivity contribution in [1.82, 2.24) is 5.48 Å². The van der Waals surface area contributed by atoms with Gasteiger partial charge in [0.2, 0.25) is 5.91 Å². The van der Waals surface area contributed by atoms with E-state index >= 15 is 0 Å². The number of benzene rings is 2. The Hall–Kier alpha value is -1.52. The molecule has 0 fully saturated rings. The van der Waals surface area contributed by atoms with Gasteiger partial charge in [-0.2, -0.15) is 0 Å². The molecule has 0 aliphatic carbocycles. The van der Waals surface area contributed by atoms with Gasteiger partial charge in [-0.3, -0.25) is 10.0 Å². The third-order valence-electron chi connectivity index (χ3n) is 3.16. The number of fused-ring (bicyclic) bond motifs is 1. The summed E-state index contributed by atoms with van der Waals surface area (Å²) >= 11 is 1.85. The Balaban J connectivity index is 1.72. The number of unbranched alkanes of at least 4 members (excludes halogenated alkanes) is 2. The van der Waals surface area contributed by atoms with Crippen molar-refractivity contribution in [3.8, 4) is 0 Å². The van der Waals surface area contributed by atoms with Crippen molar-refractivity contribution < 1.29 is 10.0 Å².